The van der Waals surface area contributed by atoms with Crippen LogP contribution in [0.1, 0.15) is 42.5 Å². The van der Waals surface area contributed by atoms with Crippen molar-refractivity contribution in [2.45, 2.75) is 34.1 Å². The molecule has 1 aliphatic heterocycles. The van der Waals surface area contributed by atoms with E-state index in [1.54, 1.807) is 16.7 Å². The number of carbonyl (C=O) groups excluding carboxylic acids is 2. The van der Waals surface area contributed by atoms with Crippen LogP contribution in [0.4, 0.5) is 0 Å². The number of rotatable bonds is 3. The Hall–Kier alpha value is -2.31. The van der Waals surface area contributed by atoms with E-state index in [2.05, 4.69) is 0 Å². The molecule has 1 saturated heterocycles. The maximum absolute atomic E-state index is 12.7. The molecule has 24 heavy (non-hydrogen) atoms. The maximum atomic E-state index is 12.7. The summed E-state index contributed by atoms with van der Waals surface area (Å²) in [4.78, 5) is 39.4. The van der Waals surface area contributed by atoms with Crippen LogP contribution in [-0.2, 0) is 16.0 Å². The van der Waals surface area contributed by atoms with Crippen LogP contribution in [0.25, 0.3) is 0 Å². The van der Waals surface area contributed by atoms with Gasteiger partial charge in [0.25, 0.3) is 5.91 Å². The summed E-state index contributed by atoms with van der Waals surface area (Å²) >= 11 is 0. The molecule has 1 aliphatic rings. The van der Waals surface area contributed by atoms with Crippen molar-refractivity contribution in [3.63, 3.8) is 0 Å². The number of piperazine rings is 1. The Morgan fingerprint density at radius 1 is 1.12 bits per heavy atom. The summed E-state index contributed by atoms with van der Waals surface area (Å²) in [7, 11) is 0. The first-order valence-electron chi connectivity index (χ1n) is 7.98. The zero-order valence-corrected chi connectivity index (χ0v) is 14.6. The molecule has 2 amide bonds. The van der Waals surface area contributed by atoms with Crippen molar-refractivity contribution in [2.24, 2.45) is 5.41 Å². The molecule has 2 rings (SSSR count). The highest BCUT2D eigenvalue weighted by atomic mass is 16.4. The molecule has 1 fully saturated rings. The molecule has 7 nitrogen and oxygen atoms in total. The Morgan fingerprint density at radius 2 is 1.67 bits per heavy atom. The van der Waals surface area contributed by atoms with Gasteiger partial charge in [0.05, 0.1) is 11.8 Å². The first-order chi connectivity index (χ1) is 11.1. The fraction of sp³-hybridized carbons (Fsp3) is 0.588. The van der Waals surface area contributed by atoms with Crippen LogP contribution in [0.5, 0.6) is 0 Å². The van der Waals surface area contributed by atoms with Gasteiger partial charge in [-0.25, -0.2) is 0 Å². The lowest BCUT2D eigenvalue weighted by atomic mass is 9.94. The summed E-state index contributed by atoms with van der Waals surface area (Å²) in [5.41, 5.74) is 0.513. The molecule has 7 heteroatoms. The van der Waals surface area contributed by atoms with Gasteiger partial charge in [-0.2, -0.15) is 0 Å². The number of hydrogen-bond acceptors (Lipinski definition) is 4. The normalized spacial score (nSPS) is 15.5. The van der Waals surface area contributed by atoms with E-state index < -0.39 is 11.4 Å². The van der Waals surface area contributed by atoms with Gasteiger partial charge in [0.2, 0.25) is 5.91 Å². The third-order valence-corrected chi connectivity index (χ3v) is 4.07. The molecule has 1 N–H and O–H groups in total. The minimum absolute atomic E-state index is 0.0701. The zero-order valence-electron chi connectivity index (χ0n) is 14.6. The van der Waals surface area contributed by atoms with E-state index in [0.29, 0.717) is 37.3 Å². The molecule has 0 unspecified atom stereocenters. The van der Waals surface area contributed by atoms with E-state index in [4.69, 9.17) is 9.52 Å². The average molecular weight is 336 g/mol. The van der Waals surface area contributed by atoms with Gasteiger partial charge in [0, 0.05) is 37.2 Å². The van der Waals surface area contributed by atoms with Crippen LogP contribution >= 0.6 is 0 Å². The van der Waals surface area contributed by atoms with Crippen LogP contribution in [0.2, 0.25) is 0 Å². The van der Waals surface area contributed by atoms with Gasteiger partial charge in [-0.05, 0) is 6.92 Å². The third kappa shape index (κ3) is 3.77. The Balaban J connectivity index is 2.07. The summed E-state index contributed by atoms with van der Waals surface area (Å²) in [5.74, 6) is -1.03. The lowest BCUT2D eigenvalue weighted by Crippen LogP contribution is -2.53. The number of carboxylic acids is 1. The molecule has 132 valence electrons. The molecular weight excluding hydrogens is 312 g/mol. The van der Waals surface area contributed by atoms with Crippen molar-refractivity contribution < 1.29 is 23.9 Å². The van der Waals surface area contributed by atoms with Crippen LogP contribution in [-0.4, -0.2) is 58.9 Å². The van der Waals surface area contributed by atoms with Crippen LogP contribution < -0.4 is 0 Å². The van der Waals surface area contributed by atoms with Crippen LogP contribution in [0, 0.1) is 12.3 Å². The van der Waals surface area contributed by atoms with Crippen molar-refractivity contribution in [1.29, 1.82) is 0 Å². The highest BCUT2D eigenvalue weighted by molar-refractivity contribution is 5.97. The lowest BCUT2D eigenvalue weighted by molar-refractivity contribution is -0.141. The number of carbonyl (C=O) groups is 3. The standard InChI is InChI=1S/C17H24N2O5/c1-11-10-24-12(9-13(20)21)14(11)15(22)18-5-7-19(8-6-18)16(23)17(2,3)4/h10H,5-9H2,1-4H3,(H,20,21). The van der Waals surface area contributed by atoms with Gasteiger partial charge in [0.15, 0.2) is 0 Å². The number of furan rings is 1. The smallest absolute Gasteiger partial charge is 0.311 e. The predicted octanol–water partition coefficient (Wildman–Crippen LogP) is 1.55. The van der Waals surface area contributed by atoms with E-state index in [1.807, 2.05) is 20.8 Å². The van der Waals surface area contributed by atoms with Gasteiger partial charge in [-0.1, -0.05) is 20.8 Å². The van der Waals surface area contributed by atoms with Crippen LogP contribution in [0.15, 0.2) is 10.7 Å². The minimum Gasteiger partial charge on any atom is -0.481 e. The van der Waals surface area contributed by atoms with Gasteiger partial charge in [-0.3, -0.25) is 14.4 Å². The SMILES string of the molecule is Cc1coc(CC(=O)O)c1C(=O)N1CCN(C(=O)C(C)(C)C)CC1. The summed E-state index contributed by atoms with van der Waals surface area (Å²) in [6.07, 6.45) is 1.09. The van der Waals surface area contributed by atoms with Gasteiger partial charge >= 0.3 is 5.97 Å². The number of amides is 2. The molecule has 1 aromatic heterocycles. The summed E-state index contributed by atoms with van der Waals surface area (Å²) in [5, 5.41) is 8.94. The summed E-state index contributed by atoms with van der Waals surface area (Å²) in [6, 6.07) is 0. The van der Waals surface area contributed by atoms with Crippen molar-refractivity contribution in [3.8, 4) is 0 Å². The molecule has 2 heterocycles. The van der Waals surface area contributed by atoms with Crippen molar-refractivity contribution in [3.05, 3.63) is 23.2 Å². The highest BCUT2D eigenvalue weighted by Gasteiger charge is 2.32. The molecular formula is C17H24N2O5. The van der Waals surface area contributed by atoms with Crippen molar-refractivity contribution in [2.75, 3.05) is 26.2 Å². The molecule has 0 saturated carbocycles. The molecule has 0 aromatic carbocycles. The van der Waals surface area contributed by atoms with E-state index in [0.717, 1.165) is 0 Å². The van der Waals surface area contributed by atoms with Crippen molar-refractivity contribution in [1.82, 2.24) is 9.80 Å². The lowest BCUT2D eigenvalue weighted by Gasteiger charge is -2.37. The van der Waals surface area contributed by atoms with Crippen LogP contribution in [0.3, 0.4) is 0 Å². The number of nitrogens with zero attached hydrogens (tertiary/aromatic N) is 2. The Morgan fingerprint density at radius 3 is 2.17 bits per heavy atom. The second-order valence-electron chi connectivity index (χ2n) is 7.12. The number of aliphatic carboxylic acids is 1. The third-order valence-electron chi connectivity index (χ3n) is 4.07. The van der Waals surface area contributed by atoms with E-state index in [-0.39, 0.29) is 24.0 Å². The fourth-order valence-corrected chi connectivity index (χ4v) is 2.80. The first-order valence-corrected chi connectivity index (χ1v) is 7.98. The Kier molecular flexibility index (Phi) is 5.01. The summed E-state index contributed by atoms with van der Waals surface area (Å²) in [6.45, 7) is 9.16. The topological polar surface area (TPSA) is 91.1 Å². The number of carboxylic acid groups (broad SMARTS) is 1. The maximum Gasteiger partial charge on any atom is 0.311 e. The van der Waals surface area contributed by atoms with Gasteiger partial charge in [-0.15, -0.1) is 0 Å². The Labute approximate surface area is 141 Å². The summed E-state index contributed by atoms with van der Waals surface area (Å²) < 4.78 is 5.23. The van der Waals surface area contributed by atoms with E-state index in [1.165, 1.54) is 6.26 Å². The first kappa shape index (κ1) is 18.0. The number of hydrogen-bond donors (Lipinski definition) is 1. The highest BCUT2D eigenvalue weighted by Crippen LogP contribution is 2.22. The second kappa shape index (κ2) is 6.67. The fourth-order valence-electron chi connectivity index (χ4n) is 2.80. The van der Waals surface area contributed by atoms with E-state index >= 15 is 0 Å². The molecule has 1 aromatic rings. The Bertz CT molecular complexity index is 648. The quantitative estimate of drug-likeness (QED) is 0.904. The minimum atomic E-state index is -1.04. The van der Waals surface area contributed by atoms with Crippen molar-refractivity contribution >= 4 is 17.8 Å². The largest absolute Gasteiger partial charge is 0.481 e. The predicted molar refractivity (Wildman–Crippen MR) is 86.7 cm³/mol. The number of aryl methyl sites for hydroxylation is 1. The second-order valence-corrected chi connectivity index (χ2v) is 7.12. The van der Waals surface area contributed by atoms with Gasteiger partial charge < -0.3 is 19.3 Å². The molecule has 0 radical (unpaired) electrons. The molecule has 0 aliphatic carbocycles. The molecule has 0 bridgehead atoms. The molecule has 0 atom stereocenters. The monoisotopic (exact) mass is 336 g/mol. The van der Waals surface area contributed by atoms with E-state index in [9.17, 15) is 14.4 Å². The zero-order chi connectivity index (χ0) is 18.1. The average Bonchev–Trinajstić information content (AvgIpc) is 2.85. The molecule has 0 spiro atoms. The van der Waals surface area contributed by atoms with Gasteiger partial charge in [0.1, 0.15) is 12.2 Å².